The first-order chi connectivity index (χ1) is 11.6. The van der Waals surface area contributed by atoms with Gasteiger partial charge >= 0.3 is 5.97 Å². The van der Waals surface area contributed by atoms with Crippen LogP contribution in [0.1, 0.15) is 28.9 Å². The number of nitriles is 1. The Hall–Kier alpha value is -2.46. The molecule has 6 nitrogen and oxygen atoms in total. The second kappa shape index (κ2) is 6.57. The Morgan fingerprint density at radius 2 is 2.04 bits per heavy atom. The van der Waals surface area contributed by atoms with E-state index in [1.807, 2.05) is 24.3 Å². The highest BCUT2D eigenvalue weighted by atomic mass is 79.9. The number of nitrogens with two attached hydrogens (primary N) is 1. The van der Waals surface area contributed by atoms with Crippen molar-refractivity contribution in [2.24, 2.45) is 0 Å². The van der Waals surface area contributed by atoms with E-state index in [1.54, 1.807) is 10.8 Å². The number of benzene rings is 1. The minimum Gasteiger partial charge on any atom is -0.464 e. The van der Waals surface area contributed by atoms with Gasteiger partial charge in [0.15, 0.2) is 5.69 Å². The number of halogens is 1. The van der Waals surface area contributed by atoms with Crippen molar-refractivity contribution in [3.8, 4) is 11.8 Å². The molecule has 3 rings (SSSR count). The molecule has 2 N–H and O–H groups in total. The summed E-state index contributed by atoms with van der Waals surface area (Å²) >= 11 is 3.51. The zero-order chi connectivity index (χ0) is 17.3. The van der Waals surface area contributed by atoms with E-state index < -0.39 is 5.97 Å². The molecular formula is C17H17BrN4O2. The Morgan fingerprint density at radius 1 is 1.33 bits per heavy atom. The molecule has 2 aromatic rings. The fourth-order valence-corrected chi connectivity index (χ4v) is 3.37. The first-order valence-electron chi connectivity index (χ1n) is 7.61. The average Bonchev–Trinajstić information content (AvgIpc) is 3.22. The van der Waals surface area contributed by atoms with Gasteiger partial charge < -0.3 is 19.9 Å². The maximum absolute atomic E-state index is 12.2. The van der Waals surface area contributed by atoms with Crippen LogP contribution < -0.4 is 10.6 Å². The molecule has 1 aromatic carbocycles. The fourth-order valence-electron chi connectivity index (χ4n) is 3.02. The molecule has 1 saturated heterocycles. The van der Waals surface area contributed by atoms with Gasteiger partial charge in [0.1, 0.15) is 6.07 Å². The summed E-state index contributed by atoms with van der Waals surface area (Å²) in [5, 5.41) is 9.27. The van der Waals surface area contributed by atoms with Crippen LogP contribution in [0.25, 0.3) is 5.69 Å². The van der Waals surface area contributed by atoms with Crippen LogP contribution in [0.5, 0.6) is 0 Å². The second-order valence-electron chi connectivity index (χ2n) is 5.61. The van der Waals surface area contributed by atoms with E-state index >= 15 is 0 Å². The second-order valence-corrected chi connectivity index (χ2v) is 6.52. The van der Waals surface area contributed by atoms with Crippen LogP contribution in [0.15, 0.2) is 28.9 Å². The Morgan fingerprint density at radius 3 is 2.67 bits per heavy atom. The summed E-state index contributed by atoms with van der Waals surface area (Å²) in [6.07, 6.45) is 3.85. The highest BCUT2D eigenvalue weighted by Gasteiger charge is 2.25. The summed E-state index contributed by atoms with van der Waals surface area (Å²) in [7, 11) is 1.30. The number of rotatable bonds is 3. The van der Waals surface area contributed by atoms with Crippen molar-refractivity contribution in [2.45, 2.75) is 12.8 Å². The predicted octanol–water partition coefficient (Wildman–Crippen LogP) is 3.08. The number of nitrogen functional groups attached to an aromatic ring is 1. The largest absolute Gasteiger partial charge is 0.464 e. The standard InChI is InChI=1S/C17H17BrN4O2/c1-24-17(23)16-15(20)11(9-19)10-22(16)13-5-4-12(18)8-14(13)21-6-2-3-7-21/h4-5,8,10H,2-3,6-7,20H2,1H3. The van der Waals surface area contributed by atoms with E-state index in [-0.39, 0.29) is 16.9 Å². The van der Waals surface area contributed by atoms with Crippen molar-refractivity contribution in [1.29, 1.82) is 5.26 Å². The number of anilines is 2. The molecule has 0 spiro atoms. The molecule has 0 bridgehead atoms. The lowest BCUT2D eigenvalue weighted by atomic mass is 10.2. The monoisotopic (exact) mass is 388 g/mol. The Balaban J connectivity index is 2.23. The molecule has 0 atom stereocenters. The van der Waals surface area contributed by atoms with Crippen molar-refractivity contribution >= 4 is 33.3 Å². The Kier molecular flexibility index (Phi) is 4.49. The van der Waals surface area contributed by atoms with E-state index in [1.165, 1.54) is 7.11 Å². The third kappa shape index (κ3) is 2.74. The molecule has 0 aliphatic carbocycles. The molecule has 0 radical (unpaired) electrons. The molecule has 0 unspecified atom stereocenters. The van der Waals surface area contributed by atoms with Gasteiger partial charge in [0.2, 0.25) is 0 Å². The molecule has 1 fully saturated rings. The fraction of sp³-hybridized carbons (Fsp3) is 0.294. The quantitative estimate of drug-likeness (QED) is 0.816. The third-order valence-electron chi connectivity index (χ3n) is 4.19. The molecule has 7 heteroatoms. The van der Waals surface area contributed by atoms with Crippen LogP contribution in [-0.4, -0.2) is 30.7 Å². The van der Waals surface area contributed by atoms with E-state index in [0.717, 1.165) is 41.8 Å². The van der Waals surface area contributed by atoms with E-state index in [9.17, 15) is 10.1 Å². The number of methoxy groups -OCH3 is 1. The molecule has 0 saturated carbocycles. The average molecular weight is 389 g/mol. The van der Waals surface area contributed by atoms with Gasteiger partial charge in [0, 0.05) is 23.8 Å². The van der Waals surface area contributed by atoms with Gasteiger partial charge in [-0.2, -0.15) is 5.26 Å². The minimum absolute atomic E-state index is 0.139. The van der Waals surface area contributed by atoms with E-state index in [0.29, 0.717) is 0 Å². The Bertz CT molecular complexity index is 832. The van der Waals surface area contributed by atoms with Gasteiger partial charge in [-0.3, -0.25) is 0 Å². The first kappa shape index (κ1) is 16.4. The molecular weight excluding hydrogens is 372 g/mol. The van der Waals surface area contributed by atoms with Crippen LogP contribution >= 0.6 is 15.9 Å². The van der Waals surface area contributed by atoms with Gasteiger partial charge in [0.25, 0.3) is 0 Å². The van der Waals surface area contributed by atoms with Gasteiger partial charge in [-0.15, -0.1) is 0 Å². The van der Waals surface area contributed by atoms with Gasteiger partial charge in [-0.1, -0.05) is 15.9 Å². The summed E-state index contributed by atoms with van der Waals surface area (Å²) in [6, 6.07) is 7.85. The molecule has 1 aliphatic heterocycles. The maximum atomic E-state index is 12.2. The lowest BCUT2D eigenvalue weighted by molar-refractivity contribution is 0.0593. The number of carbonyl (C=O) groups excluding carboxylic acids is 1. The molecule has 24 heavy (non-hydrogen) atoms. The molecule has 1 aliphatic rings. The van der Waals surface area contributed by atoms with Gasteiger partial charge in [0.05, 0.1) is 29.7 Å². The Labute approximate surface area is 148 Å². The molecule has 0 amide bonds. The van der Waals surface area contributed by atoms with Crippen molar-refractivity contribution in [1.82, 2.24) is 4.57 Å². The highest BCUT2D eigenvalue weighted by molar-refractivity contribution is 9.10. The number of esters is 1. The number of ether oxygens (including phenoxy) is 1. The van der Waals surface area contributed by atoms with Gasteiger partial charge in [-0.05, 0) is 31.0 Å². The molecule has 124 valence electrons. The van der Waals surface area contributed by atoms with Crippen molar-refractivity contribution in [3.63, 3.8) is 0 Å². The number of nitrogens with zero attached hydrogens (tertiary/aromatic N) is 3. The summed E-state index contributed by atoms with van der Waals surface area (Å²) in [4.78, 5) is 14.5. The predicted molar refractivity (Wildman–Crippen MR) is 95.4 cm³/mol. The number of hydrogen-bond acceptors (Lipinski definition) is 5. The SMILES string of the molecule is COC(=O)c1c(N)c(C#N)cn1-c1ccc(Br)cc1N1CCCC1. The summed E-state index contributed by atoms with van der Waals surface area (Å²) in [6.45, 7) is 1.91. The normalized spacial score (nSPS) is 13.8. The lowest BCUT2D eigenvalue weighted by Gasteiger charge is -2.23. The zero-order valence-corrected chi connectivity index (χ0v) is 14.8. The lowest BCUT2D eigenvalue weighted by Crippen LogP contribution is -2.20. The smallest absolute Gasteiger partial charge is 0.357 e. The van der Waals surface area contributed by atoms with Crippen molar-refractivity contribution in [3.05, 3.63) is 40.1 Å². The van der Waals surface area contributed by atoms with Crippen LogP contribution in [0.2, 0.25) is 0 Å². The third-order valence-corrected chi connectivity index (χ3v) is 4.68. The number of aromatic nitrogens is 1. The van der Waals surface area contributed by atoms with Crippen LogP contribution in [0, 0.1) is 11.3 Å². The summed E-state index contributed by atoms with van der Waals surface area (Å²) in [5.74, 6) is -0.565. The van der Waals surface area contributed by atoms with E-state index in [4.69, 9.17) is 10.5 Å². The number of hydrogen-bond donors (Lipinski definition) is 1. The van der Waals surface area contributed by atoms with E-state index in [2.05, 4.69) is 20.8 Å². The van der Waals surface area contributed by atoms with Crippen LogP contribution in [-0.2, 0) is 4.74 Å². The van der Waals surface area contributed by atoms with Crippen LogP contribution in [0.4, 0.5) is 11.4 Å². The summed E-state index contributed by atoms with van der Waals surface area (Å²) in [5.41, 5.74) is 8.36. The minimum atomic E-state index is -0.565. The van der Waals surface area contributed by atoms with Crippen LogP contribution in [0.3, 0.4) is 0 Å². The van der Waals surface area contributed by atoms with Gasteiger partial charge in [-0.25, -0.2) is 4.79 Å². The molecule has 2 heterocycles. The number of carbonyl (C=O) groups is 1. The molecule has 1 aromatic heterocycles. The zero-order valence-electron chi connectivity index (χ0n) is 13.3. The van der Waals surface area contributed by atoms with Crippen molar-refractivity contribution < 1.29 is 9.53 Å². The first-order valence-corrected chi connectivity index (χ1v) is 8.40. The maximum Gasteiger partial charge on any atom is 0.357 e. The van der Waals surface area contributed by atoms with Crippen molar-refractivity contribution in [2.75, 3.05) is 30.8 Å². The highest BCUT2D eigenvalue weighted by Crippen LogP contribution is 2.34. The topological polar surface area (TPSA) is 84.3 Å². The summed E-state index contributed by atoms with van der Waals surface area (Å²) < 4.78 is 7.46.